The maximum Gasteiger partial charge on any atom is 0.0962 e. The molecular formula is C16H17Br2NO. The van der Waals surface area contributed by atoms with Crippen LogP contribution in [0.5, 0.6) is 0 Å². The van der Waals surface area contributed by atoms with Gasteiger partial charge in [-0.15, -0.1) is 0 Å². The van der Waals surface area contributed by atoms with E-state index in [0.717, 1.165) is 20.2 Å². The van der Waals surface area contributed by atoms with E-state index >= 15 is 0 Å². The van der Waals surface area contributed by atoms with Crippen molar-refractivity contribution in [3.63, 3.8) is 0 Å². The zero-order chi connectivity index (χ0) is 14.7. The van der Waals surface area contributed by atoms with E-state index in [0.29, 0.717) is 6.54 Å². The summed E-state index contributed by atoms with van der Waals surface area (Å²) in [6, 6.07) is 11.9. The molecule has 0 radical (unpaired) electrons. The molecule has 1 unspecified atom stereocenters. The Morgan fingerprint density at radius 1 is 1.05 bits per heavy atom. The highest BCUT2D eigenvalue weighted by atomic mass is 79.9. The van der Waals surface area contributed by atoms with Crippen LogP contribution in [-0.4, -0.2) is 11.7 Å². The van der Waals surface area contributed by atoms with Crippen LogP contribution >= 0.6 is 31.9 Å². The molecule has 0 heterocycles. The summed E-state index contributed by atoms with van der Waals surface area (Å²) in [5.74, 6) is 0. The van der Waals surface area contributed by atoms with Crippen LogP contribution in [-0.2, 0) is 0 Å². The molecule has 0 spiro atoms. The molecule has 0 fully saturated rings. The normalized spacial score (nSPS) is 12.2. The van der Waals surface area contributed by atoms with Gasteiger partial charge in [-0.1, -0.05) is 44.0 Å². The van der Waals surface area contributed by atoms with Crippen molar-refractivity contribution in [1.82, 2.24) is 0 Å². The monoisotopic (exact) mass is 397 g/mol. The third kappa shape index (κ3) is 3.84. The second-order valence-electron chi connectivity index (χ2n) is 4.87. The Balaban J connectivity index is 2.09. The average molecular weight is 399 g/mol. The lowest BCUT2D eigenvalue weighted by atomic mass is 10.1. The van der Waals surface area contributed by atoms with Crippen molar-refractivity contribution in [2.75, 3.05) is 11.9 Å². The fraction of sp³-hybridized carbons (Fsp3) is 0.250. The van der Waals surface area contributed by atoms with Gasteiger partial charge < -0.3 is 10.4 Å². The van der Waals surface area contributed by atoms with E-state index in [1.165, 1.54) is 11.1 Å². The molecule has 2 rings (SSSR count). The molecular weight excluding hydrogens is 382 g/mol. The van der Waals surface area contributed by atoms with Gasteiger partial charge in [-0.3, -0.25) is 0 Å². The minimum atomic E-state index is -0.532. The molecule has 0 saturated heterocycles. The summed E-state index contributed by atoms with van der Waals surface area (Å²) in [7, 11) is 0. The van der Waals surface area contributed by atoms with Gasteiger partial charge in [-0.2, -0.15) is 0 Å². The molecule has 0 bridgehead atoms. The minimum absolute atomic E-state index is 0.486. The summed E-state index contributed by atoms with van der Waals surface area (Å²) in [4.78, 5) is 0. The number of aliphatic hydroxyl groups is 1. The van der Waals surface area contributed by atoms with Crippen LogP contribution in [0.15, 0.2) is 45.3 Å². The number of aliphatic hydroxyl groups excluding tert-OH is 1. The Bertz CT molecular complexity index is 590. The number of aryl methyl sites for hydroxylation is 2. The van der Waals surface area contributed by atoms with Crippen molar-refractivity contribution in [3.05, 3.63) is 62.0 Å². The molecule has 2 N–H and O–H groups in total. The lowest BCUT2D eigenvalue weighted by Gasteiger charge is -2.17. The Labute approximate surface area is 136 Å². The first-order valence-corrected chi connectivity index (χ1v) is 8.00. The van der Waals surface area contributed by atoms with Gasteiger partial charge in [0.05, 0.1) is 6.10 Å². The van der Waals surface area contributed by atoms with Crippen molar-refractivity contribution in [2.24, 2.45) is 0 Å². The molecule has 20 heavy (non-hydrogen) atoms. The molecule has 0 aliphatic rings. The Hall–Kier alpha value is -0.840. The first-order valence-electron chi connectivity index (χ1n) is 6.41. The Kier molecular flexibility index (Phi) is 5.24. The number of nitrogens with one attached hydrogen (secondary N) is 1. The third-order valence-electron chi connectivity index (χ3n) is 3.20. The SMILES string of the molecule is Cc1cc(Br)cc(C)c1NCC(O)c1cccc(Br)c1. The quantitative estimate of drug-likeness (QED) is 0.761. The minimum Gasteiger partial charge on any atom is -0.387 e. The van der Waals surface area contributed by atoms with Crippen molar-refractivity contribution >= 4 is 37.5 Å². The van der Waals surface area contributed by atoms with E-state index in [2.05, 4.69) is 63.2 Å². The second-order valence-corrected chi connectivity index (χ2v) is 6.70. The van der Waals surface area contributed by atoms with Gasteiger partial charge in [-0.05, 0) is 54.8 Å². The van der Waals surface area contributed by atoms with Crippen LogP contribution in [0.2, 0.25) is 0 Å². The summed E-state index contributed by atoms with van der Waals surface area (Å²) in [5, 5.41) is 13.6. The van der Waals surface area contributed by atoms with Gasteiger partial charge in [-0.25, -0.2) is 0 Å². The number of hydrogen-bond donors (Lipinski definition) is 2. The van der Waals surface area contributed by atoms with Gasteiger partial charge in [0.25, 0.3) is 0 Å². The highest BCUT2D eigenvalue weighted by Crippen LogP contribution is 2.26. The molecule has 0 saturated carbocycles. The van der Waals surface area contributed by atoms with Gasteiger partial charge in [0.1, 0.15) is 0 Å². The van der Waals surface area contributed by atoms with E-state index < -0.39 is 6.10 Å². The van der Waals surface area contributed by atoms with Gasteiger partial charge in [0.15, 0.2) is 0 Å². The lowest BCUT2D eigenvalue weighted by molar-refractivity contribution is 0.191. The standard InChI is InChI=1S/C16H17Br2NO/c1-10-6-14(18)7-11(2)16(10)19-9-15(20)12-4-3-5-13(17)8-12/h3-8,15,19-20H,9H2,1-2H3. The summed E-state index contributed by atoms with van der Waals surface area (Å²) < 4.78 is 2.05. The lowest BCUT2D eigenvalue weighted by Crippen LogP contribution is -2.13. The zero-order valence-corrected chi connectivity index (χ0v) is 14.6. The smallest absolute Gasteiger partial charge is 0.0962 e. The fourth-order valence-electron chi connectivity index (χ4n) is 2.22. The van der Waals surface area contributed by atoms with E-state index in [9.17, 15) is 5.11 Å². The van der Waals surface area contributed by atoms with Crippen LogP contribution in [0.1, 0.15) is 22.8 Å². The number of anilines is 1. The summed E-state index contributed by atoms with van der Waals surface area (Å²) >= 11 is 6.91. The van der Waals surface area contributed by atoms with E-state index in [1.807, 2.05) is 24.3 Å². The highest BCUT2D eigenvalue weighted by Gasteiger charge is 2.10. The van der Waals surface area contributed by atoms with E-state index in [1.54, 1.807) is 0 Å². The highest BCUT2D eigenvalue weighted by molar-refractivity contribution is 9.10. The molecule has 0 aromatic heterocycles. The summed E-state index contributed by atoms with van der Waals surface area (Å²) in [6.45, 7) is 4.61. The third-order valence-corrected chi connectivity index (χ3v) is 4.15. The topological polar surface area (TPSA) is 32.3 Å². The van der Waals surface area contributed by atoms with Gasteiger partial charge in [0, 0.05) is 21.2 Å². The van der Waals surface area contributed by atoms with E-state index in [4.69, 9.17) is 0 Å². The van der Waals surface area contributed by atoms with Crippen LogP contribution in [0.25, 0.3) is 0 Å². The molecule has 0 aliphatic heterocycles. The molecule has 2 aromatic rings. The molecule has 2 aromatic carbocycles. The van der Waals surface area contributed by atoms with Crippen LogP contribution < -0.4 is 5.32 Å². The fourth-order valence-corrected chi connectivity index (χ4v) is 3.32. The molecule has 0 aliphatic carbocycles. The molecule has 2 nitrogen and oxygen atoms in total. The summed E-state index contributed by atoms with van der Waals surface area (Å²) in [5.41, 5.74) is 4.32. The van der Waals surface area contributed by atoms with Crippen molar-refractivity contribution in [1.29, 1.82) is 0 Å². The number of benzene rings is 2. The van der Waals surface area contributed by atoms with Crippen molar-refractivity contribution < 1.29 is 5.11 Å². The van der Waals surface area contributed by atoms with Crippen molar-refractivity contribution in [2.45, 2.75) is 20.0 Å². The predicted octanol–water partition coefficient (Wildman–Crippen LogP) is 4.97. The molecule has 1 atom stereocenters. The molecule has 0 amide bonds. The predicted molar refractivity (Wildman–Crippen MR) is 91.2 cm³/mol. The van der Waals surface area contributed by atoms with Gasteiger partial charge >= 0.3 is 0 Å². The van der Waals surface area contributed by atoms with Crippen LogP contribution in [0, 0.1) is 13.8 Å². The second kappa shape index (κ2) is 6.74. The van der Waals surface area contributed by atoms with Gasteiger partial charge in [0.2, 0.25) is 0 Å². The Morgan fingerprint density at radius 3 is 2.30 bits per heavy atom. The Morgan fingerprint density at radius 2 is 1.70 bits per heavy atom. The van der Waals surface area contributed by atoms with Crippen LogP contribution in [0.3, 0.4) is 0 Å². The molecule has 106 valence electrons. The number of hydrogen-bond acceptors (Lipinski definition) is 2. The first-order chi connectivity index (χ1) is 9.47. The maximum atomic E-state index is 10.3. The van der Waals surface area contributed by atoms with Crippen molar-refractivity contribution in [3.8, 4) is 0 Å². The number of halogens is 2. The van der Waals surface area contributed by atoms with E-state index in [-0.39, 0.29) is 0 Å². The largest absolute Gasteiger partial charge is 0.387 e. The number of rotatable bonds is 4. The zero-order valence-electron chi connectivity index (χ0n) is 11.5. The maximum absolute atomic E-state index is 10.3. The molecule has 4 heteroatoms. The summed E-state index contributed by atoms with van der Waals surface area (Å²) in [6.07, 6.45) is -0.532. The first kappa shape index (κ1) is 15.5. The average Bonchev–Trinajstić information content (AvgIpc) is 2.37. The van der Waals surface area contributed by atoms with Crippen LogP contribution in [0.4, 0.5) is 5.69 Å².